The first kappa shape index (κ1) is 26.8. The van der Waals surface area contributed by atoms with Crippen molar-refractivity contribution in [2.45, 2.75) is 58.3 Å². The van der Waals surface area contributed by atoms with Crippen LogP contribution in [0.15, 0.2) is 42.6 Å². The van der Waals surface area contributed by atoms with Crippen LogP contribution >= 0.6 is 0 Å². The normalized spacial score (nSPS) is 20.4. The molecule has 192 valence electrons. The third kappa shape index (κ3) is 7.59. The van der Waals surface area contributed by atoms with Gasteiger partial charge >= 0.3 is 6.18 Å². The number of carbonyl (C=O) groups is 1. The van der Waals surface area contributed by atoms with E-state index in [2.05, 4.69) is 24.1 Å². The number of nitrogens with one attached hydrogen (secondary N) is 1. The van der Waals surface area contributed by atoms with Gasteiger partial charge in [0.15, 0.2) is 0 Å². The van der Waals surface area contributed by atoms with Gasteiger partial charge in [0.1, 0.15) is 11.6 Å². The van der Waals surface area contributed by atoms with Gasteiger partial charge in [-0.2, -0.15) is 13.2 Å². The Labute approximate surface area is 205 Å². The van der Waals surface area contributed by atoms with Crippen molar-refractivity contribution in [1.29, 1.82) is 0 Å². The largest absolute Gasteiger partial charge is 0.508 e. The van der Waals surface area contributed by atoms with E-state index in [1.54, 1.807) is 17.0 Å². The number of piperazine rings is 1. The van der Waals surface area contributed by atoms with Gasteiger partial charge in [0.25, 0.3) is 0 Å². The van der Waals surface area contributed by atoms with Crippen LogP contribution in [-0.4, -0.2) is 53.1 Å². The van der Waals surface area contributed by atoms with Gasteiger partial charge in [-0.05, 0) is 49.1 Å². The maximum absolute atomic E-state index is 13.0. The molecule has 6 nitrogen and oxygen atoms in total. The van der Waals surface area contributed by atoms with Gasteiger partial charge in [-0.1, -0.05) is 32.4 Å². The van der Waals surface area contributed by atoms with Crippen LogP contribution in [0.2, 0.25) is 0 Å². The monoisotopic (exact) mass is 492 g/mol. The lowest BCUT2D eigenvalue weighted by Gasteiger charge is -2.36. The fraction of sp³-hybridized carbons (Fsp3) is 0.538. The van der Waals surface area contributed by atoms with E-state index in [1.807, 2.05) is 17.0 Å². The zero-order valence-corrected chi connectivity index (χ0v) is 20.4. The number of amides is 1. The summed E-state index contributed by atoms with van der Waals surface area (Å²) in [4.78, 5) is 20.7. The molecule has 1 saturated heterocycles. The Hall–Kier alpha value is -2.81. The summed E-state index contributed by atoms with van der Waals surface area (Å²) in [6.07, 6.45) is 0.584. The van der Waals surface area contributed by atoms with E-state index in [9.17, 15) is 23.1 Å². The van der Waals surface area contributed by atoms with Crippen molar-refractivity contribution in [2.75, 3.05) is 31.1 Å². The van der Waals surface area contributed by atoms with Crippen molar-refractivity contribution in [3.63, 3.8) is 0 Å². The Morgan fingerprint density at radius 1 is 1.09 bits per heavy atom. The summed E-state index contributed by atoms with van der Waals surface area (Å²) < 4.78 is 38.9. The molecule has 2 fully saturated rings. The van der Waals surface area contributed by atoms with Crippen molar-refractivity contribution < 1.29 is 23.1 Å². The van der Waals surface area contributed by atoms with E-state index in [-0.39, 0.29) is 23.6 Å². The minimum absolute atomic E-state index is 0.0226. The lowest BCUT2D eigenvalue weighted by atomic mass is 10.1. The van der Waals surface area contributed by atoms with Crippen molar-refractivity contribution in [3.05, 3.63) is 53.7 Å². The smallest absolute Gasteiger partial charge is 0.416 e. The first-order valence-corrected chi connectivity index (χ1v) is 12.3. The maximum Gasteiger partial charge on any atom is 0.416 e. The van der Waals surface area contributed by atoms with Gasteiger partial charge in [-0.3, -0.25) is 4.79 Å². The van der Waals surface area contributed by atoms with Crippen LogP contribution < -0.4 is 10.2 Å². The molecule has 1 aromatic heterocycles. The molecule has 1 aliphatic heterocycles. The van der Waals surface area contributed by atoms with E-state index >= 15 is 0 Å². The fourth-order valence-electron chi connectivity index (χ4n) is 4.45. The van der Waals surface area contributed by atoms with Crippen LogP contribution in [0.25, 0.3) is 0 Å². The third-order valence-electron chi connectivity index (χ3n) is 6.30. The number of rotatable bonds is 5. The van der Waals surface area contributed by atoms with E-state index in [0.717, 1.165) is 37.0 Å². The molecule has 2 aromatic rings. The average molecular weight is 493 g/mol. The highest BCUT2D eigenvalue weighted by atomic mass is 19.4. The maximum atomic E-state index is 13.0. The number of pyridine rings is 1. The number of aromatic nitrogens is 1. The summed E-state index contributed by atoms with van der Waals surface area (Å²) in [5, 5.41) is 12.9. The number of anilines is 1. The molecular weight excluding hydrogens is 457 g/mol. The molecular formula is C26H35F3N4O2. The Balaban J connectivity index is 0.00000108. The van der Waals surface area contributed by atoms with Gasteiger partial charge in [0, 0.05) is 50.9 Å². The molecule has 0 radical (unpaired) electrons. The van der Waals surface area contributed by atoms with Crippen molar-refractivity contribution in [1.82, 2.24) is 15.2 Å². The van der Waals surface area contributed by atoms with Gasteiger partial charge < -0.3 is 20.2 Å². The van der Waals surface area contributed by atoms with Crippen LogP contribution in [0, 0.1) is 5.92 Å². The van der Waals surface area contributed by atoms with Gasteiger partial charge in [0.05, 0.1) is 5.56 Å². The number of phenolic OH excluding ortho intramolecular Hbond substituents is 1. The zero-order valence-electron chi connectivity index (χ0n) is 20.4. The quantitative estimate of drug-likeness (QED) is 0.626. The number of nitrogens with zero attached hydrogens (tertiary/aromatic N) is 3. The van der Waals surface area contributed by atoms with Crippen molar-refractivity contribution >= 4 is 11.7 Å². The second-order valence-electron chi connectivity index (χ2n) is 9.17. The Kier molecular flexibility index (Phi) is 9.37. The number of hydrogen-bond acceptors (Lipinski definition) is 5. The highest BCUT2D eigenvalue weighted by Gasteiger charge is 2.35. The summed E-state index contributed by atoms with van der Waals surface area (Å²) in [6.45, 7) is 6.84. The number of alkyl halides is 3. The molecule has 1 saturated carbocycles. The highest BCUT2D eigenvalue weighted by Crippen LogP contribution is 2.31. The Morgan fingerprint density at radius 2 is 1.74 bits per heavy atom. The standard InChI is InChI=1S/C23H27F3N4O2.C3H8/c24-23(25,26)18-7-8-27-21(14-18)29-9-11-30(12-10-29)22(32)17-3-4-19(13-17)28-15-16-1-5-20(31)6-2-16;1-3-2/h1-2,5-8,14,17,19,28,31H,3-4,9-13,15H2;3H2,1-2H3. The predicted octanol–water partition coefficient (Wildman–Crippen LogP) is 4.83. The van der Waals surface area contributed by atoms with E-state index in [0.29, 0.717) is 38.5 Å². The van der Waals surface area contributed by atoms with Crippen LogP contribution in [0.5, 0.6) is 5.75 Å². The summed E-state index contributed by atoms with van der Waals surface area (Å²) >= 11 is 0. The molecule has 1 aliphatic carbocycles. The molecule has 0 spiro atoms. The molecule has 2 heterocycles. The van der Waals surface area contributed by atoms with Crippen LogP contribution in [0.4, 0.5) is 19.0 Å². The summed E-state index contributed by atoms with van der Waals surface area (Å²) in [6, 6.07) is 9.37. The number of benzene rings is 1. The van der Waals surface area contributed by atoms with Crippen LogP contribution in [0.1, 0.15) is 50.7 Å². The number of phenols is 1. The third-order valence-corrected chi connectivity index (χ3v) is 6.30. The Morgan fingerprint density at radius 3 is 2.37 bits per heavy atom. The molecule has 2 aliphatic rings. The minimum Gasteiger partial charge on any atom is -0.508 e. The zero-order chi connectivity index (χ0) is 25.4. The van der Waals surface area contributed by atoms with Gasteiger partial charge in [-0.15, -0.1) is 0 Å². The summed E-state index contributed by atoms with van der Waals surface area (Å²) in [5.74, 6) is 0.650. The SMILES string of the molecule is CCC.O=C(C1CCC(NCc2ccc(O)cc2)C1)N1CCN(c2cc(C(F)(F)F)ccn2)CC1. The van der Waals surface area contributed by atoms with Crippen LogP contribution in [0.3, 0.4) is 0 Å². The number of hydrogen-bond donors (Lipinski definition) is 2. The van der Waals surface area contributed by atoms with E-state index in [4.69, 9.17) is 0 Å². The van der Waals surface area contributed by atoms with Gasteiger partial charge in [0.2, 0.25) is 5.91 Å². The number of halogens is 3. The van der Waals surface area contributed by atoms with E-state index < -0.39 is 11.7 Å². The number of carbonyl (C=O) groups excluding carboxylic acids is 1. The van der Waals surface area contributed by atoms with Crippen molar-refractivity contribution in [3.8, 4) is 5.75 Å². The second kappa shape index (κ2) is 12.2. The van der Waals surface area contributed by atoms with Gasteiger partial charge in [-0.25, -0.2) is 4.98 Å². The molecule has 9 heteroatoms. The highest BCUT2D eigenvalue weighted by molar-refractivity contribution is 5.79. The molecule has 2 atom stereocenters. The average Bonchev–Trinajstić information content (AvgIpc) is 3.32. The molecule has 4 rings (SSSR count). The topological polar surface area (TPSA) is 68.7 Å². The molecule has 0 bridgehead atoms. The van der Waals surface area contributed by atoms with E-state index in [1.165, 1.54) is 12.6 Å². The molecule has 2 N–H and O–H groups in total. The summed E-state index contributed by atoms with van der Waals surface area (Å²) in [7, 11) is 0. The summed E-state index contributed by atoms with van der Waals surface area (Å²) in [5.41, 5.74) is 0.370. The molecule has 35 heavy (non-hydrogen) atoms. The molecule has 1 amide bonds. The number of aromatic hydroxyl groups is 1. The van der Waals surface area contributed by atoms with Crippen molar-refractivity contribution in [2.24, 2.45) is 5.92 Å². The second-order valence-corrected chi connectivity index (χ2v) is 9.17. The molecule has 1 aromatic carbocycles. The first-order chi connectivity index (χ1) is 16.7. The fourth-order valence-corrected chi connectivity index (χ4v) is 4.45. The lowest BCUT2D eigenvalue weighted by molar-refractivity contribution is -0.137. The lowest BCUT2D eigenvalue weighted by Crippen LogP contribution is -2.50. The van der Waals surface area contributed by atoms with Crippen LogP contribution in [-0.2, 0) is 17.5 Å². The predicted molar refractivity (Wildman–Crippen MR) is 130 cm³/mol. The molecule has 2 unspecified atom stereocenters. The Bertz CT molecular complexity index is 944. The first-order valence-electron chi connectivity index (χ1n) is 12.3. The minimum atomic E-state index is -4.40.